The number of halogens is 1. The van der Waals surface area contributed by atoms with Crippen LogP contribution < -0.4 is 9.47 Å². The second-order valence-electron chi connectivity index (χ2n) is 9.22. The quantitative estimate of drug-likeness (QED) is 0.399. The van der Waals surface area contributed by atoms with Crippen LogP contribution in [0.25, 0.3) is 0 Å². The standard InChI is InChI=1S/C26H30FN3O4.C2H4O2/c1-30-25(34-12-11-20-9-7-17-5-3-4-6-23(17)28-20)16-21(29-30)13-19(15-26(31)32)18-8-10-24(33-2)22(27)14-18;1-2(3)4/h7-10,14,16,19H,3-6,11-13,15H2,1-2H3,(H,31,32);1H3,(H,3,4)/t19-;/m1./s1. The lowest BCUT2D eigenvalue weighted by molar-refractivity contribution is -0.137. The Hall–Kier alpha value is -3.95. The van der Waals surface area contributed by atoms with E-state index in [-0.39, 0.29) is 12.2 Å². The van der Waals surface area contributed by atoms with Crippen LogP contribution >= 0.6 is 0 Å². The number of ether oxygens (including phenoxy) is 2. The van der Waals surface area contributed by atoms with Gasteiger partial charge in [-0.3, -0.25) is 14.6 Å². The molecule has 0 spiro atoms. The number of benzene rings is 1. The summed E-state index contributed by atoms with van der Waals surface area (Å²) in [4.78, 5) is 25.2. The minimum atomic E-state index is -0.953. The Morgan fingerprint density at radius 2 is 1.84 bits per heavy atom. The number of aryl methyl sites for hydroxylation is 3. The normalized spacial score (nSPS) is 13.1. The molecule has 204 valence electrons. The van der Waals surface area contributed by atoms with Gasteiger partial charge in [0.15, 0.2) is 11.6 Å². The Kier molecular flexibility index (Phi) is 10.2. The number of hydrogen-bond donors (Lipinski definition) is 2. The smallest absolute Gasteiger partial charge is 0.303 e. The summed E-state index contributed by atoms with van der Waals surface area (Å²) in [5.74, 6) is -2.01. The Morgan fingerprint density at radius 1 is 1.11 bits per heavy atom. The third-order valence-electron chi connectivity index (χ3n) is 6.26. The maximum atomic E-state index is 14.2. The van der Waals surface area contributed by atoms with Crippen LogP contribution in [0.3, 0.4) is 0 Å². The second-order valence-corrected chi connectivity index (χ2v) is 9.22. The number of nitrogens with zero attached hydrogens (tertiary/aromatic N) is 3. The van der Waals surface area contributed by atoms with Crippen molar-refractivity contribution < 1.29 is 33.7 Å². The largest absolute Gasteiger partial charge is 0.494 e. The fourth-order valence-corrected chi connectivity index (χ4v) is 4.48. The van der Waals surface area contributed by atoms with Crippen molar-refractivity contribution in [2.75, 3.05) is 13.7 Å². The van der Waals surface area contributed by atoms with Crippen LogP contribution in [0.4, 0.5) is 4.39 Å². The molecule has 2 aromatic heterocycles. The molecule has 4 rings (SSSR count). The molecule has 1 atom stereocenters. The fraction of sp³-hybridized carbons (Fsp3) is 0.429. The van der Waals surface area contributed by atoms with E-state index >= 15 is 0 Å². The molecule has 2 N–H and O–H groups in total. The molecular weight excluding hydrogens is 493 g/mol. The van der Waals surface area contributed by atoms with Gasteiger partial charge in [0.25, 0.3) is 5.97 Å². The highest BCUT2D eigenvalue weighted by molar-refractivity contribution is 5.68. The monoisotopic (exact) mass is 527 g/mol. The minimum Gasteiger partial charge on any atom is -0.494 e. The first-order valence-corrected chi connectivity index (χ1v) is 12.5. The Bertz CT molecular complexity index is 1260. The summed E-state index contributed by atoms with van der Waals surface area (Å²) in [7, 11) is 3.18. The molecule has 1 aliphatic rings. The summed E-state index contributed by atoms with van der Waals surface area (Å²) in [5.41, 5.74) is 4.87. The van der Waals surface area contributed by atoms with Gasteiger partial charge in [0, 0.05) is 43.8 Å². The molecule has 10 heteroatoms. The fourth-order valence-electron chi connectivity index (χ4n) is 4.48. The second kappa shape index (κ2) is 13.6. The van der Waals surface area contributed by atoms with Crippen molar-refractivity contribution in [3.8, 4) is 11.6 Å². The molecule has 0 radical (unpaired) electrons. The highest BCUT2D eigenvalue weighted by Crippen LogP contribution is 2.29. The number of carboxylic acids is 2. The van der Waals surface area contributed by atoms with Crippen molar-refractivity contribution in [3.05, 3.63) is 70.4 Å². The first-order chi connectivity index (χ1) is 18.2. The van der Waals surface area contributed by atoms with Crippen LogP contribution in [-0.4, -0.2) is 50.6 Å². The molecule has 0 saturated heterocycles. The number of aliphatic carboxylic acids is 2. The molecule has 9 nitrogen and oxygen atoms in total. The maximum Gasteiger partial charge on any atom is 0.303 e. The topological polar surface area (TPSA) is 124 Å². The third-order valence-corrected chi connectivity index (χ3v) is 6.26. The predicted octanol–water partition coefficient (Wildman–Crippen LogP) is 4.36. The number of carboxylic acid groups (broad SMARTS) is 2. The number of pyridine rings is 1. The molecule has 0 amide bonds. The summed E-state index contributed by atoms with van der Waals surface area (Å²) >= 11 is 0. The van der Waals surface area contributed by atoms with Crippen molar-refractivity contribution in [2.24, 2.45) is 7.05 Å². The Morgan fingerprint density at radius 3 is 2.53 bits per heavy atom. The number of aromatic nitrogens is 3. The first kappa shape index (κ1) is 28.6. The van der Waals surface area contributed by atoms with Crippen molar-refractivity contribution in [1.29, 1.82) is 0 Å². The number of carbonyl (C=O) groups is 2. The number of methoxy groups -OCH3 is 1. The van der Waals surface area contributed by atoms with Crippen molar-refractivity contribution in [2.45, 2.75) is 57.8 Å². The van der Waals surface area contributed by atoms with E-state index in [0.717, 1.165) is 25.5 Å². The summed E-state index contributed by atoms with van der Waals surface area (Å²) in [6.45, 7) is 1.55. The van der Waals surface area contributed by atoms with Gasteiger partial charge < -0.3 is 19.7 Å². The van der Waals surface area contributed by atoms with Gasteiger partial charge in [-0.2, -0.15) is 5.10 Å². The lowest BCUT2D eigenvalue weighted by Gasteiger charge is -2.15. The Balaban J connectivity index is 0.000000934. The highest BCUT2D eigenvalue weighted by atomic mass is 19.1. The van der Waals surface area contributed by atoms with E-state index < -0.39 is 23.7 Å². The van der Waals surface area contributed by atoms with E-state index in [1.54, 1.807) is 17.8 Å². The molecule has 0 aliphatic heterocycles. The molecule has 3 aromatic rings. The zero-order chi connectivity index (χ0) is 27.7. The zero-order valence-corrected chi connectivity index (χ0v) is 21.9. The van der Waals surface area contributed by atoms with Crippen LogP contribution in [0.15, 0.2) is 36.4 Å². The lowest BCUT2D eigenvalue weighted by atomic mass is 9.91. The molecule has 0 bridgehead atoms. The lowest BCUT2D eigenvalue weighted by Crippen LogP contribution is -2.10. The number of hydrogen-bond acceptors (Lipinski definition) is 6. The minimum absolute atomic E-state index is 0.125. The summed E-state index contributed by atoms with van der Waals surface area (Å²) in [5, 5.41) is 21.3. The van der Waals surface area contributed by atoms with Gasteiger partial charge in [-0.15, -0.1) is 0 Å². The summed E-state index contributed by atoms with van der Waals surface area (Å²) in [6.07, 6.45) is 5.50. The highest BCUT2D eigenvalue weighted by Gasteiger charge is 2.20. The average Bonchev–Trinajstić information content (AvgIpc) is 3.21. The van der Waals surface area contributed by atoms with Crippen LogP contribution in [0, 0.1) is 5.82 Å². The molecule has 0 saturated carbocycles. The van der Waals surface area contributed by atoms with E-state index in [4.69, 9.17) is 24.4 Å². The van der Waals surface area contributed by atoms with Crippen LogP contribution in [0.5, 0.6) is 11.6 Å². The van der Waals surface area contributed by atoms with E-state index in [2.05, 4.69) is 17.2 Å². The van der Waals surface area contributed by atoms with Gasteiger partial charge >= 0.3 is 5.97 Å². The number of rotatable bonds is 10. The SMILES string of the molecule is CC(=O)O.COc1ccc([C@@H](CC(=O)O)Cc2cc(OCCc3ccc4c(n3)CCCC4)n(C)n2)cc1F. The molecule has 0 unspecified atom stereocenters. The van der Waals surface area contributed by atoms with Gasteiger partial charge in [-0.1, -0.05) is 12.1 Å². The van der Waals surface area contributed by atoms with Gasteiger partial charge in [-0.05, 0) is 61.4 Å². The maximum absolute atomic E-state index is 14.2. The third kappa shape index (κ3) is 8.29. The molecule has 2 heterocycles. The first-order valence-electron chi connectivity index (χ1n) is 12.5. The van der Waals surface area contributed by atoms with Crippen LogP contribution in [-0.2, 0) is 42.3 Å². The molecule has 1 aliphatic carbocycles. The summed E-state index contributed by atoms with van der Waals surface area (Å²) < 4.78 is 26.8. The van der Waals surface area contributed by atoms with E-state index in [9.17, 15) is 14.3 Å². The van der Waals surface area contributed by atoms with Gasteiger partial charge in [0.2, 0.25) is 5.88 Å². The predicted molar refractivity (Wildman–Crippen MR) is 138 cm³/mol. The van der Waals surface area contributed by atoms with Crippen molar-refractivity contribution in [1.82, 2.24) is 14.8 Å². The Labute approximate surface area is 221 Å². The number of fused-ring (bicyclic) bond motifs is 1. The molecule has 0 fully saturated rings. The van der Waals surface area contributed by atoms with Gasteiger partial charge in [0.05, 0.1) is 25.8 Å². The van der Waals surface area contributed by atoms with Gasteiger partial charge in [-0.25, -0.2) is 9.07 Å². The molecule has 38 heavy (non-hydrogen) atoms. The summed E-state index contributed by atoms with van der Waals surface area (Å²) in [6, 6.07) is 10.6. The zero-order valence-electron chi connectivity index (χ0n) is 21.9. The molecule has 1 aromatic carbocycles. The van der Waals surface area contributed by atoms with E-state index in [1.807, 2.05) is 6.07 Å². The van der Waals surface area contributed by atoms with E-state index in [1.165, 1.54) is 43.3 Å². The van der Waals surface area contributed by atoms with E-state index in [0.29, 0.717) is 36.6 Å². The van der Waals surface area contributed by atoms with Crippen molar-refractivity contribution >= 4 is 11.9 Å². The van der Waals surface area contributed by atoms with Gasteiger partial charge in [0.1, 0.15) is 0 Å². The van der Waals surface area contributed by atoms with Crippen LogP contribution in [0.1, 0.15) is 60.3 Å². The molecular formula is C28H34FN3O6. The average molecular weight is 528 g/mol. The van der Waals surface area contributed by atoms with Crippen LogP contribution in [0.2, 0.25) is 0 Å². The van der Waals surface area contributed by atoms with Crippen molar-refractivity contribution in [3.63, 3.8) is 0 Å².